The first kappa shape index (κ1) is 6.23. The van der Waals surface area contributed by atoms with Gasteiger partial charge in [0.1, 0.15) is 0 Å². The molecule has 5 nitrogen and oxygen atoms in total. The standard InChI is InChI=1S/C6H8N4O/c1-5-4-9-3-2-7-10(9)8-6(5)11/h2-4,7H,1H3,(H,8,11). The molecule has 58 valence electrons. The summed E-state index contributed by atoms with van der Waals surface area (Å²) < 4.78 is 0. The van der Waals surface area contributed by atoms with E-state index in [4.69, 9.17) is 0 Å². The van der Waals surface area contributed by atoms with Gasteiger partial charge in [-0.25, -0.2) is 5.43 Å². The van der Waals surface area contributed by atoms with Crippen molar-refractivity contribution >= 4 is 5.91 Å². The average molecular weight is 152 g/mol. The minimum absolute atomic E-state index is 0.0857. The van der Waals surface area contributed by atoms with Gasteiger partial charge in [0.2, 0.25) is 0 Å². The van der Waals surface area contributed by atoms with Gasteiger partial charge in [-0.05, 0) is 12.2 Å². The van der Waals surface area contributed by atoms with Crippen LogP contribution in [0.15, 0.2) is 24.2 Å². The highest BCUT2D eigenvalue weighted by atomic mass is 16.2. The molecule has 0 aliphatic carbocycles. The van der Waals surface area contributed by atoms with Crippen molar-refractivity contribution in [3.05, 3.63) is 24.2 Å². The van der Waals surface area contributed by atoms with Crippen molar-refractivity contribution in [3.63, 3.8) is 0 Å². The molecule has 0 aromatic heterocycles. The lowest BCUT2D eigenvalue weighted by Crippen LogP contribution is -2.54. The molecule has 0 aromatic rings. The fraction of sp³-hybridized carbons (Fsp3) is 0.167. The van der Waals surface area contributed by atoms with Crippen LogP contribution in [0, 0.1) is 0 Å². The number of carbonyl (C=O) groups is 1. The van der Waals surface area contributed by atoms with Crippen molar-refractivity contribution in [1.29, 1.82) is 0 Å². The van der Waals surface area contributed by atoms with Gasteiger partial charge in [-0.3, -0.25) is 15.2 Å². The van der Waals surface area contributed by atoms with Crippen LogP contribution in [-0.4, -0.2) is 16.1 Å². The molecule has 2 heterocycles. The Morgan fingerprint density at radius 1 is 1.55 bits per heavy atom. The van der Waals surface area contributed by atoms with Crippen LogP contribution in [0.2, 0.25) is 0 Å². The maximum absolute atomic E-state index is 11.0. The van der Waals surface area contributed by atoms with Gasteiger partial charge in [-0.2, -0.15) is 0 Å². The normalized spacial score (nSPS) is 22.5. The molecule has 2 aliphatic heterocycles. The van der Waals surface area contributed by atoms with Crippen molar-refractivity contribution in [1.82, 2.24) is 21.1 Å². The Morgan fingerprint density at radius 2 is 2.36 bits per heavy atom. The summed E-state index contributed by atoms with van der Waals surface area (Å²) in [6.45, 7) is 1.76. The Labute approximate surface area is 63.9 Å². The lowest BCUT2D eigenvalue weighted by atomic mass is 10.3. The summed E-state index contributed by atoms with van der Waals surface area (Å²) >= 11 is 0. The number of hydrogen-bond donors (Lipinski definition) is 2. The highest BCUT2D eigenvalue weighted by Crippen LogP contribution is 2.09. The molecule has 5 heteroatoms. The quantitative estimate of drug-likeness (QED) is 0.488. The van der Waals surface area contributed by atoms with Crippen LogP contribution in [0.5, 0.6) is 0 Å². The zero-order valence-corrected chi connectivity index (χ0v) is 6.03. The van der Waals surface area contributed by atoms with Crippen molar-refractivity contribution in [2.75, 3.05) is 0 Å². The number of nitrogens with one attached hydrogen (secondary N) is 2. The third kappa shape index (κ3) is 0.857. The van der Waals surface area contributed by atoms with Gasteiger partial charge in [-0.15, -0.1) is 0 Å². The highest BCUT2D eigenvalue weighted by Gasteiger charge is 2.22. The number of fused-ring (bicyclic) bond motifs is 1. The van der Waals surface area contributed by atoms with Gasteiger partial charge in [0.25, 0.3) is 5.91 Å². The Balaban J connectivity index is 2.28. The molecule has 0 saturated carbocycles. The van der Waals surface area contributed by atoms with Crippen LogP contribution in [0.1, 0.15) is 6.92 Å². The smallest absolute Gasteiger partial charge is 0.265 e. The van der Waals surface area contributed by atoms with Crippen LogP contribution in [0.25, 0.3) is 0 Å². The Hall–Kier alpha value is -1.49. The Kier molecular flexibility index (Phi) is 1.13. The van der Waals surface area contributed by atoms with Crippen molar-refractivity contribution in [2.24, 2.45) is 0 Å². The minimum Gasteiger partial charge on any atom is -0.288 e. The van der Waals surface area contributed by atoms with E-state index in [1.54, 1.807) is 24.3 Å². The summed E-state index contributed by atoms with van der Waals surface area (Å²) in [5.41, 5.74) is 6.11. The van der Waals surface area contributed by atoms with Gasteiger partial charge >= 0.3 is 0 Å². The summed E-state index contributed by atoms with van der Waals surface area (Å²) in [7, 11) is 0. The third-order valence-electron chi connectivity index (χ3n) is 1.55. The average Bonchev–Trinajstić information content (AvgIpc) is 2.36. The number of nitrogens with zero attached hydrogens (tertiary/aromatic N) is 2. The van der Waals surface area contributed by atoms with Crippen LogP contribution >= 0.6 is 0 Å². The minimum atomic E-state index is -0.0857. The SMILES string of the molecule is CC1=CN2C=CNN2NC1=O. The highest BCUT2D eigenvalue weighted by molar-refractivity contribution is 5.92. The molecule has 11 heavy (non-hydrogen) atoms. The Morgan fingerprint density at radius 3 is 3.18 bits per heavy atom. The van der Waals surface area contributed by atoms with Crippen LogP contribution in [0.4, 0.5) is 0 Å². The largest absolute Gasteiger partial charge is 0.288 e. The van der Waals surface area contributed by atoms with Gasteiger partial charge in [0.15, 0.2) is 0 Å². The fourth-order valence-electron chi connectivity index (χ4n) is 0.946. The zero-order chi connectivity index (χ0) is 7.84. The maximum Gasteiger partial charge on any atom is 0.265 e. The topological polar surface area (TPSA) is 47.6 Å². The van der Waals surface area contributed by atoms with E-state index in [1.807, 2.05) is 6.20 Å². The van der Waals surface area contributed by atoms with E-state index in [-0.39, 0.29) is 5.91 Å². The number of carbonyl (C=O) groups excluding carboxylic acids is 1. The molecule has 0 unspecified atom stereocenters. The third-order valence-corrected chi connectivity index (χ3v) is 1.55. The summed E-state index contributed by atoms with van der Waals surface area (Å²) in [6.07, 6.45) is 5.29. The molecule has 0 saturated heterocycles. The van der Waals surface area contributed by atoms with E-state index >= 15 is 0 Å². The van der Waals surface area contributed by atoms with Crippen molar-refractivity contribution in [2.45, 2.75) is 6.92 Å². The van der Waals surface area contributed by atoms with E-state index in [0.717, 1.165) is 0 Å². The molecule has 0 atom stereocenters. The van der Waals surface area contributed by atoms with Crippen molar-refractivity contribution in [3.8, 4) is 0 Å². The number of amides is 1. The molecule has 0 fully saturated rings. The molecule has 0 radical (unpaired) electrons. The van der Waals surface area contributed by atoms with E-state index < -0.39 is 0 Å². The zero-order valence-electron chi connectivity index (χ0n) is 6.03. The van der Waals surface area contributed by atoms with Gasteiger partial charge in [0, 0.05) is 24.2 Å². The number of rotatable bonds is 0. The van der Waals surface area contributed by atoms with Crippen LogP contribution in [0.3, 0.4) is 0 Å². The molecule has 0 bridgehead atoms. The van der Waals surface area contributed by atoms with E-state index in [0.29, 0.717) is 5.57 Å². The molecule has 2 rings (SSSR count). The van der Waals surface area contributed by atoms with E-state index in [9.17, 15) is 4.79 Å². The van der Waals surface area contributed by atoms with Crippen LogP contribution < -0.4 is 10.9 Å². The predicted octanol–water partition coefficient (Wildman–Crippen LogP) is -0.557. The summed E-state index contributed by atoms with van der Waals surface area (Å²) in [5.74, 6) is -0.0857. The summed E-state index contributed by atoms with van der Waals surface area (Å²) in [5, 5.41) is 3.24. The van der Waals surface area contributed by atoms with Crippen molar-refractivity contribution < 1.29 is 4.79 Å². The van der Waals surface area contributed by atoms with Crippen LogP contribution in [-0.2, 0) is 4.79 Å². The second kappa shape index (κ2) is 2.00. The predicted molar refractivity (Wildman–Crippen MR) is 37.9 cm³/mol. The lowest BCUT2D eigenvalue weighted by molar-refractivity contribution is -0.132. The first-order valence-corrected chi connectivity index (χ1v) is 3.28. The monoisotopic (exact) mass is 152 g/mol. The molecular weight excluding hydrogens is 144 g/mol. The first-order valence-electron chi connectivity index (χ1n) is 3.28. The molecule has 2 N–H and O–H groups in total. The molecule has 0 aromatic carbocycles. The second-order valence-corrected chi connectivity index (χ2v) is 2.39. The maximum atomic E-state index is 11.0. The number of hydrazine groups is 3. The lowest BCUT2D eigenvalue weighted by Gasteiger charge is -2.29. The molecule has 2 aliphatic rings. The van der Waals surface area contributed by atoms with Gasteiger partial charge in [-0.1, -0.05) is 0 Å². The van der Waals surface area contributed by atoms with Gasteiger partial charge < -0.3 is 0 Å². The molecule has 1 amide bonds. The van der Waals surface area contributed by atoms with Gasteiger partial charge in [0.05, 0.1) is 0 Å². The first-order chi connectivity index (χ1) is 5.27. The number of hydrogen-bond acceptors (Lipinski definition) is 4. The Bertz CT molecular complexity index is 257. The summed E-state index contributed by atoms with van der Waals surface area (Å²) in [4.78, 5) is 11.0. The molecular formula is C6H8N4O. The molecule has 0 spiro atoms. The fourth-order valence-corrected chi connectivity index (χ4v) is 0.946. The second-order valence-electron chi connectivity index (χ2n) is 2.39. The summed E-state index contributed by atoms with van der Waals surface area (Å²) in [6, 6.07) is 0. The van der Waals surface area contributed by atoms with E-state index in [2.05, 4.69) is 10.9 Å². The van der Waals surface area contributed by atoms with E-state index in [1.165, 1.54) is 5.23 Å².